The van der Waals surface area contributed by atoms with Gasteiger partial charge in [0, 0.05) is 21.9 Å². The van der Waals surface area contributed by atoms with Crippen LogP contribution in [0.5, 0.6) is 0 Å². The Balaban J connectivity index is 1.97. The number of hydrogen-bond acceptors (Lipinski definition) is 3. The van der Waals surface area contributed by atoms with Crippen molar-refractivity contribution in [3.05, 3.63) is 54.6 Å². The highest BCUT2D eigenvalue weighted by atomic mass is 79.9. The second-order valence-corrected chi connectivity index (χ2v) is 7.48. The molecule has 5 heteroatoms. The van der Waals surface area contributed by atoms with Crippen LogP contribution in [-0.4, -0.2) is 0 Å². The highest BCUT2D eigenvalue weighted by Gasteiger charge is 2.08. The van der Waals surface area contributed by atoms with Crippen molar-refractivity contribution in [2.24, 2.45) is 0 Å². The van der Waals surface area contributed by atoms with Crippen molar-refractivity contribution in [3.8, 4) is 6.07 Å². The molecule has 2 rings (SSSR count). The Morgan fingerprint density at radius 1 is 1.32 bits per heavy atom. The van der Waals surface area contributed by atoms with Crippen molar-refractivity contribution in [1.29, 1.82) is 5.26 Å². The van der Waals surface area contributed by atoms with E-state index in [-0.39, 0.29) is 6.04 Å². The van der Waals surface area contributed by atoms with Crippen LogP contribution in [0.1, 0.15) is 29.0 Å². The molecule has 1 atom stereocenters. The Labute approximate surface area is 133 Å². The van der Waals surface area contributed by atoms with E-state index < -0.39 is 0 Å². The third-order valence-electron chi connectivity index (χ3n) is 2.82. The second-order valence-electron chi connectivity index (χ2n) is 4.17. The summed E-state index contributed by atoms with van der Waals surface area (Å²) >= 11 is 8.71. The van der Waals surface area contributed by atoms with E-state index in [9.17, 15) is 0 Å². The molecule has 1 N–H and O–H groups in total. The highest BCUT2D eigenvalue weighted by molar-refractivity contribution is 9.13. The number of halogens is 2. The fourth-order valence-corrected chi connectivity index (χ4v) is 3.82. The lowest BCUT2D eigenvalue weighted by atomic mass is 10.1. The normalized spacial score (nSPS) is 12.1. The van der Waals surface area contributed by atoms with Gasteiger partial charge in [-0.3, -0.25) is 0 Å². The van der Waals surface area contributed by atoms with Crippen LogP contribution in [-0.2, 0) is 6.54 Å². The summed E-state index contributed by atoms with van der Waals surface area (Å²) in [6.07, 6.45) is 0. The van der Waals surface area contributed by atoms with Gasteiger partial charge in [-0.05, 0) is 62.5 Å². The van der Waals surface area contributed by atoms with Crippen molar-refractivity contribution in [3.63, 3.8) is 0 Å². The van der Waals surface area contributed by atoms with Gasteiger partial charge >= 0.3 is 0 Å². The van der Waals surface area contributed by atoms with Crippen molar-refractivity contribution in [1.82, 2.24) is 5.32 Å². The number of rotatable bonds is 4. The Morgan fingerprint density at radius 3 is 2.53 bits per heavy atom. The minimum atomic E-state index is 0.257. The lowest BCUT2D eigenvalue weighted by Gasteiger charge is -2.13. The molecule has 19 heavy (non-hydrogen) atoms. The van der Waals surface area contributed by atoms with Crippen LogP contribution in [0.15, 0.2) is 38.6 Å². The van der Waals surface area contributed by atoms with Crippen LogP contribution in [0.25, 0.3) is 0 Å². The first-order valence-electron chi connectivity index (χ1n) is 5.77. The molecule has 98 valence electrons. The first-order chi connectivity index (χ1) is 9.10. The Kier molecular flexibility index (Phi) is 5.17. The SMILES string of the molecule is CC(NCc1cc(Br)c(Br)s1)c1ccc(C#N)cc1. The average molecular weight is 400 g/mol. The summed E-state index contributed by atoms with van der Waals surface area (Å²) in [6.45, 7) is 2.95. The summed E-state index contributed by atoms with van der Waals surface area (Å²) in [4.78, 5) is 1.28. The molecule has 0 aliphatic rings. The monoisotopic (exact) mass is 398 g/mol. The smallest absolute Gasteiger partial charge is 0.0991 e. The average Bonchev–Trinajstić information content (AvgIpc) is 2.75. The molecule has 0 aliphatic heterocycles. The molecule has 0 spiro atoms. The van der Waals surface area contributed by atoms with Gasteiger partial charge in [-0.15, -0.1) is 11.3 Å². The van der Waals surface area contributed by atoms with Crippen molar-refractivity contribution in [2.75, 3.05) is 0 Å². The van der Waals surface area contributed by atoms with Crippen LogP contribution < -0.4 is 5.32 Å². The fourth-order valence-electron chi connectivity index (χ4n) is 1.70. The molecule has 0 saturated heterocycles. The van der Waals surface area contributed by atoms with E-state index in [2.05, 4.69) is 56.2 Å². The predicted octanol–water partition coefficient (Wildman–Crippen LogP) is 5.00. The van der Waals surface area contributed by atoms with Gasteiger partial charge in [0.1, 0.15) is 0 Å². The standard InChI is InChI=1S/C14H12Br2N2S/c1-9(11-4-2-10(7-17)3-5-11)18-8-12-6-13(15)14(16)19-12/h2-6,9,18H,8H2,1H3. The molecule has 0 saturated carbocycles. The van der Waals surface area contributed by atoms with Gasteiger partial charge in [-0.1, -0.05) is 12.1 Å². The summed E-state index contributed by atoms with van der Waals surface area (Å²) in [5.74, 6) is 0. The molecule has 1 aromatic carbocycles. The lowest BCUT2D eigenvalue weighted by molar-refractivity contribution is 0.579. The topological polar surface area (TPSA) is 35.8 Å². The summed E-state index contributed by atoms with van der Waals surface area (Å²) < 4.78 is 2.22. The molecule has 2 aromatic rings. The molecule has 2 nitrogen and oxygen atoms in total. The number of nitriles is 1. The Morgan fingerprint density at radius 2 is 2.00 bits per heavy atom. The van der Waals surface area contributed by atoms with Crippen molar-refractivity contribution in [2.45, 2.75) is 19.5 Å². The van der Waals surface area contributed by atoms with Gasteiger partial charge < -0.3 is 5.32 Å². The fraction of sp³-hybridized carbons (Fsp3) is 0.214. The van der Waals surface area contributed by atoms with E-state index in [1.165, 1.54) is 10.4 Å². The van der Waals surface area contributed by atoms with Gasteiger partial charge in [0.25, 0.3) is 0 Å². The zero-order valence-corrected chi connectivity index (χ0v) is 14.3. The third kappa shape index (κ3) is 3.90. The van der Waals surface area contributed by atoms with E-state index in [1.54, 1.807) is 11.3 Å². The number of thiophene rings is 1. The summed E-state index contributed by atoms with van der Waals surface area (Å²) in [6, 6.07) is 12.2. The van der Waals surface area contributed by atoms with Crippen LogP contribution in [0.2, 0.25) is 0 Å². The zero-order valence-electron chi connectivity index (χ0n) is 10.3. The van der Waals surface area contributed by atoms with Crippen LogP contribution in [0.4, 0.5) is 0 Å². The first kappa shape index (κ1) is 14.7. The molecular weight excluding hydrogens is 388 g/mol. The number of nitrogens with one attached hydrogen (secondary N) is 1. The minimum absolute atomic E-state index is 0.257. The van der Waals surface area contributed by atoms with Crippen LogP contribution >= 0.6 is 43.2 Å². The highest BCUT2D eigenvalue weighted by Crippen LogP contribution is 2.32. The first-order valence-corrected chi connectivity index (χ1v) is 8.17. The van der Waals surface area contributed by atoms with Gasteiger partial charge in [0.05, 0.1) is 15.4 Å². The number of nitrogens with zero attached hydrogens (tertiary/aromatic N) is 1. The van der Waals surface area contributed by atoms with E-state index in [0.717, 1.165) is 14.8 Å². The lowest BCUT2D eigenvalue weighted by Crippen LogP contribution is -2.17. The molecule has 1 aromatic heterocycles. The maximum atomic E-state index is 8.77. The van der Waals surface area contributed by atoms with Gasteiger partial charge in [-0.2, -0.15) is 5.26 Å². The number of hydrogen-bond donors (Lipinski definition) is 1. The van der Waals surface area contributed by atoms with E-state index >= 15 is 0 Å². The molecule has 1 heterocycles. The third-order valence-corrected chi connectivity index (χ3v) is 6.07. The zero-order chi connectivity index (χ0) is 13.8. The van der Waals surface area contributed by atoms with Gasteiger partial charge in [-0.25, -0.2) is 0 Å². The molecule has 0 bridgehead atoms. The molecule has 0 amide bonds. The Hall–Kier alpha value is -0.670. The molecule has 0 aliphatic carbocycles. The van der Waals surface area contributed by atoms with E-state index in [4.69, 9.17) is 5.26 Å². The van der Waals surface area contributed by atoms with E-state index in [0.29, 0.717) is 5.56 Å². The van der Waals surface area contributed by atoms with Crippen molar-refractivity contribution < 1.29 is 0 Å². The number of benzene rings is 1. The summed E-state index contributed by atoms with van der Waals surface area (Å²) in [7, 11) is 0. The molecular formula is C14H12Br2N2S. The van der Waals surface area contributed by atoms with Crippen LogP contribution in [0.3, 0.4) is 0 Å². The largest absolute Gasteiger partial charge is 0.305 e. The second kappa shape index (κ2) is 6.67. The minimum Gasteiger partial charge on any atom is -0.305 e. The molecule has 1 unspecified atom stereocenters. The molecule has 0 radical (unpaired) electrons. The quantitative estimate of drug-likeness (QED) is 0.785. The van der Waals surface area contributed by atoms with Gasteiger partial charge in [0.2, 0.25) is 0 Å². The predicted molar refractivity (Wildman–Crippen MR) is 86.1 cm³/mol. The summed E-state index contributed by atoms with van der Waals surface area (Å²) in [5.41, 5.74) is 1.88. The van der Waals surface area contributed by atoms with Crippen LogP contribution in [0, 0.1) is 11.3 Å². The van der Waals surface area contributed by atoms with Gasteiger partial charge in [0.15, 0.2) is 0 Å². The molecule has 0 fully saturated rings. The maximum Gasteiger partial charge on any atom is 0.0991 e. The van der Waals surface area contributed by atoms with Crippen molar-refractivity contribution >= 4 is 43.2 Å². The Bertz CT molecular complexity index is 579. The van der Waals surface area contributed by atoms with E-state index in [1.807, 2.05) is 24.3 Å². The summed E-state index contributed by atoms with van der Waals surface area (Å²) in [5, 5.41) is 12.3. The maximum absolute atomic E-state index is 8.77.